The van der Waals surface area contributed by atoms with E-state index in [0.29, 0.717) is 36.6 Å². The van der Waals surface area contributed by atoms with Crippen LogP contribution in [0.2, 0.25) is 0 Å². The fraction of sp³-hybridized carbons (Fsp3) is 0.474. The molecular weight excluding hydrogens is 376 g/mol. The summed E-state index contributed by atoms with van der Waals surface area (Å²) in [7, 11) is 3.56. The molecule has 1 fully saturated rings. The summed E-state index contributed by atoms with van der Waals surface area (Å²) < 4.78 is 9.01. The van der Waals surface area contributed by atoms with Gasteiger partial charge >= 0.3 is 0 Å². The van der Waals surface area contributed by atoms with Crippen molar-refractivity contribution in [2.75, 3.05) is 11.9 Å². The summed E-state index contributed by atoms with van der Waals surface area (Å²) in [6, 6.07) is 3.73. The van der Waals surface area contributed by atoms with Gasteiger partial charge in [-0.1, -0.05) is 0 Å². The number of ether oxygens (including phenoxy) is 1. The van der Waals surface area contributed by atoms with Crippen molar-refractivity contribution in [3.8, 4) is 5.88 Å². The maximum Gasteiger partial charge on any atom is 0.290 e. The first-order valence-electron chi connectivity index (χ1n) is 9.28. The lowest BCUT2D eigenvalue weighted by molar-refractivity contribution is 0.278. The predicted molar refractivity (Wildman–Crippen MR) is 108 cm³/mol. The number of rotatable bonds is 7. The van der Waals surface area contributed by atoms with Gasteiger partial charge in [0.15, 0.2) is 0 Å². The number of anilines is 1. The first kappa shape index (κ1) is 18.7. The van der Waals surface area contributed by atoms with Gasteiger partial charge in [0.2, 0.25) is 5.88 Å². The largest absolute Gasteiger partial charge is 0.476 e. The van der Waals surface area contributed by atoms with E-state index in [9.17, 15) is 4.79 Å². The lowest BCUT2D eigenvalue weighted by atomic mass is 10.2. The van der Waals surface area contributed by atoms with Gasteiger partial charge in [0.05, 0.1) is 24.5 Å². The fourth-order valence-electron chi connectivity index (χ4n) is 3.18. The highest BCUT2D eigenvalue weighted by Crippen LogP contribution is 2.46. The highest BCUT2D eigenvalue weighted by Gasteiger charge is 2.40. The first-order chi connectivity index (χ1) is 13.4. The van der Waals surface area contributed by atoms with Crippen LogP contribution < -0.4 is 15.6 Å². The van der Waals surface area contributed by atoms with Crippen LogP contribution in [0.5, 0.6) is 5.88 Å². The molecule has 3 heterocycles. The number of aryl methyl sites for hydroxylation is 4. The van der Waals surface area contributed by atoms with E-state index >= 15 is 0 Å². The van der Waals surface area contributed by atoms with Crippen LogP contribution in [0.1, 0.15) is 33.6 Å². The lowest BCUT2D eigenvalue weighted by Gasteiger charge is -2.10. The minimum absolute atomic E-state index is 0.185. The van der Waals surface area contributed by atoms with Crippen LogP contribution in [0.3, 0.4) is 0 Å². The summed E-state index contributed by atoms with van der Waals surface area (Å²) in [5.41, 5.74) is 2.42. The number of thiazole rings is 1. The standard InChI is InChI=1S/C19H24N6O2S/c1-11-12(2)28-18(21-11)9-20-16-8-17(23-25(4)19(16)26)27-10-13-7-14(13)15-5-6-24(3)22-15/h5-6,8,13-14,20H,7,9-10H2,1-4H3/t13-,14+/m1/s1. The van der Waals surface area contributed by atoms with Crippen LogP contribution >= 0.6 is 11.3 Å². The maximum absolute atomic E-state index is 12.4. The second kappa shape index (κ2) is 7.38. The Morgan fingerprint density at radius 3 is 2.82 bits per heavy atom. The highest BCUT2D eigenvalue weighted by molar-refractivity contribution is 7.11. The molecule has 0 aromatic carbocycles. The van der Waals surface area contributed by atoms with Crippen LogP contribution in [-0.4, -0.2) is 31.2 Å². The van der Waals surface area contributed by atoms with Crippen molar-refractivity contribution in [1.29, 1.82) is 0 Å². The molecule has 0 radical (unpaired) electrons. The van der Waals surface area contributed by atoms with Crippen LogP contribution in [0.15, 0.2) is 23.1 Å². The number of aromatic nitrogens is 5. The molecule has 2 atom stereocenters. The summed E-state index contributed by atoms with van der Waals surface area (Å²) >= 11 is 1.63. The van der Waals surface area contributed by atoms with Gasteiger partial charge in [0.25, 0.3) is 5.56 Å². The van der Waals surface area contributed by atoms with Crippen molar-refractivity contribution in [3.63, 3.8) is 0 Å². The molecule has 3 aromatic rings. The Bertz CT molecular complexity index is 1030. The molecule has 0 aliphatic heterocycles. The summed E-state index contributed by atoms with van der Waals surface area (Å²) in [5.74, 6) is 1.33. The van der Waals surface area contributed by atoms with Crippen molar-refractivity contribution < 1.29 is 4.74 Å². The number of hydrogen-bond acceptors (Lipinski definition) is 7. The molecule has 0 saturated heterocycles. The van der Waals surface area contributed by atoms with Gasteiger partial charge in [-0.15, -0.1) is 16.4 Å². The summed E-state index contributed by atoms with van der Waals surface area (Å²) in [4.78, 5) is 18.0. The van der Waals surface area contributed by atoms with Crippen LogP contribution in [0.25, 0.3) is 0 Å². The number of nitrogens with zero attached hydrogens (tertiary/aromatic N) is 5. The Labute approximate surface area is 167 Å². The minimum Gasteiger partial charge on any atom is -0.476 e. The van der Waals surface area contributed by atoms with E-state index in [1.54, 1.807) is 24.5 Å². The normalized spacial score (nSPS) is 18.3. The Morgan fingerprint density at radius 1 is 1.32 bits per heavy atom. The molecule has 1 saturated carbocycles. The second-order valence-electron chi connectivity index (χ2n) is 7.26. The molecule has 0 bridgehead atoms. The van der Waals surface area contributed by atoms with E-state index in [2.05, 4.69) is 26.6 Å². The molecule has 148 valence electrons. The van der Waals surface area contributed by atoms with Gasteiger partial charge in [0.1, 0.15) is 10.7 Å². The monoisotopic (exact) mass is 400 g/mol. The molecule has 4 rings (SSSR count). The van der Waals surface area contributed by atoms with E-state index in [-0.39, 0.29) is 5.56 Å². The van der Waals surface area contributed by atoms with Crippen molar-refractivity contribution in [2.24, 2.45) is 20.0 Å². The summed E-state index contributed by atoms with van der Waals surface area (Å²) in [6.45, 7) is 5.10. The molecule has 1 aliphatic rings. The van der Waals surface area contributed by atoms with Gasteiger partial charge in [0, 0.05) is 43.1 Å². The zero-order valence-corrected chi connectivity index (χ0v) is 17.3. The van der Waals surface area contributed by atoms with E-state index in [1.807, 2.05) is 31.8 Å². The van der Waals surface area contributed by atoms with Gasteiger partial charge in [-0.2, -0.15) is 5.10 Å². The molecule has 28 heavy (non-hydrogen) atoms. The highest BCUT2D eigenvalue weighted by atomic mass is 32.1. The van der Waals surface area contributed by atoms with Gasteiger partial charge < -0.3 is 10.1 Å². The number of hydrogen-bond donors (Lipinski definition) is 1. The third-order valence-corrected chi connectivity index (χ3v) is 6.10. The maximum atomic E-state index is 12.4. The number of nitrogens with one attached hydrogen (secondary N) is 1. The summed E-state index contributed by atoms with van der Waals surface area (Å²) in [6.07, 6.45) is 3.03. The first-order valence-corrected chi connectivity index (χ1v) is 10.1. The van der Waals surface area contributed by atoms with Crippen molar-refractivity contribution in [2.45, 2.75) is 32.7 Å². The zero-order valence-electron chi connectivity index (χ0n) is 16.5. The van der Waals surface area contributed by atoms with E-state index < -0.39 is 0 Å². The molecule has 0 amide bonds. The minimum atomic E-state index is -0.185. The Morgan fingerprint density at radius 2 is 2.14 bits per heavy atom. The SMILES string of the molecule is Cc1nc(CNc2cc(OC[C@H]3C[C@@H]3c3ccn(C)n3)nn(C)c2=O)sc1C. The smallest absolute Gasteiger partial charge is 0.290 e. The van der Waals surface area contributed by atoms with E-state index in [4.69, 9.17) is 4.74 Å². The molecule has 0 spiro atoms. The molecule has 8 nitrogen and oxygen atoms in total. The van der Waals surface area contributed by atoms with Crippen molar-refractivity contribution >= 4 is 17.0 Å². The lowest BCUT2D eigenvalue weighted by Crippen LogP contribution is -2.24. The quantitative estimate of drug-likeness (QED) is 0.655. The molecule has 3 aromatic heterocycles. The van der Waals surface area contributed by atoms with Crippen LogP contribution in [0, 0.1) is 19.8 Å². The Hall–Kier alpha value is -2.68. The Balaban J connectivity index is 1.39. The third-order valence-electron chi connectivity index (χ3n) is 5.03. The molecule has 9 heteroatoms. The van der Waals surface area contributed by atoms with Crippen molar-refractivity contribution in [3.05, 3.63) is 50.0 Å². The predicted octanol–water partition coefficient (Wildman–Crippen LogP) is 2.38. The average molecular weight is 401 g/mol. The van der Waals surface area contributed by atoms with Crippen LogP contribution in [-0.2, 0) is 20.6 Å². The molecule has 1 aliphatic carbocycles. The molecule has 1 N–H and O–H groups in total. The van der Waals surface area contributed by atoms with Gasteiger partial charge in [-0.25, -0.2) is 9.67 Å². The zero-order chi connectivity index (χ0) is 19.8. The Kier molecular flexibility index (Phi) is 4.92. The molecular formula is C19H24N6O2S. The van der Waals surface area contributed by atoms with Gasteiger partial charge in [-0.3, -0.25) is 9.48 Å². The van der Waals surface area contributed by atoms with Gasteiger partial charge in [-0.05, 0) is 26.3 Å². The van der Waals surface area contributed by atoms with Crippen LogP contribution in [0.4, 0.5) is 5.69 Å². The fourth-order valence-corrected chi connectivity index (χ4v) is 4.06. The topological polar surface area (TPSA) is 86.9 Å². The molecule has 0 unspecified atom stereocenters. The average Bonchev–Trinajstić information content (AvgIpc) is 3.19. The third kappa shape index (κ3) is 3.94. The van der Waals surface area contributed by atoms with E-state index in [0.717, 1.165) is 22.8 Å². The second-order valence-corrected chi connectivity index (χ2v) is 8.54. The van der Waals surface area contributed by atoms with Crippen molar-refractivity contribution in [1.82, 2.24) is 24.5 Å². The van der Waals surface area contributed by atoms with E-state index in [1.165, 1.54) is 9.56 Å². The summed E-state index contributed by atoms with van der Waals surface area (Å²) in [5, 5.41) is 12.8.